The number of benzene rings is 2. The Bertz CT molecular complexity index is 460. The van der Waals surface area contributed by atoms with Crippen molar-refractivity contribution in [2.45, 2.75) is 13.3 Å². The second kappa shape index (κ2) is 6.26. The first kappa shape index (κ1) is 11.9. The third kappa shape index (κ3) is 3.21. The predicted molar refractivity (Wildman–Crippen MR) is 70.6 cm³/mol. The lowest BCUT2D eigenvalue weighted by Crippen LogP contribution is -2.03. The van der Waals surface area contributed by atoms with Crippen LogP contribution in [0.15, 0.2) is 42.5 Å². The molecule has 2 rings (SSSR count). The summed E-state index contributed by atoms with van der Waals surface area (Å²) >= 11 is 0. The zero-order valence-corrected chi connectivity index (χ0v) is 10.2. The summed E-state index contributed by atoms with van der Waals surface area (Å²) in [5.74, 6) is 0.958. The van der Waals surface area contributed by atoms with E-state index < -0.39 is 0 Å². The van der Waals surface area contributed by atoms with Crippen LogP contribution in [0.25, 0.3) is 10.8 Å². The van der Waals surface area contributed by atoms with Gasteiger partial charge in [0.05, 0.1) is 6.61 Å². The molecule has 0 amide bonds. The van der Waals surface area contributed by atoms with Gasteiger partial charge in [-0.3, -0.25) is 0 Å². The van der Waals surface area contributed by atoms with Gasteiger partial charge in [0, 0.05) is 25.0 Å². The van der Waals surface area contributed by atoms with E-state index >= 15 is 0 Å². The van der Waals surface area contributed by atoms with Crippen LogP contribution in [0.1, 0.15) is 13.3 Å². The van der Waals surface area contributed by atoms with Crippen molar-refractivity contribution in [1.29, 1.82) is 0 Å². The van der Waals surface area contributed by atoms with E-state index in [1.165, 1.54) is 10.8 Å². The van der Waals surface area contributed by atoms with Crippen molar-refractivity contribution in [2.24, 2.45) is 0 Å². The van der Waals surface area contributed by atoms with Crippen LogP contribution in [0.5, 0.6) is 5.75 Å². The van der Waals surface area contributed by atoms with Crippen molar-refractivity contribution in [3.05, 3.63) is 42.5 Å². The second-order valence-electron chi connectivity index (χ2n) is 3.88. The van der Waals surface area contributed by atoms with Crippen LogP contribution in [0.3, 0.4) is 0 Å². The van der Waals surface area contributed by atoms with Crippen molar-refractivity contribution in [1.82, 2.24) is 0 Å². The average molecular weight is 230 g/mol. The van der Waals surface area contributed by atoms with E-state index in [-0.39, 0.29) is 0 Å². The molecule has 0 spiro atoms. The number of ether oxygens (including phenoxy) is 2. The second-order valence-corrected chi connectivity index (χ2v) is 3.88. The molecule has 0 saturated carbocycles. The first-order valence-electron chi connectivity index (χ1n) is 6.10. The van der Waals surface area contributed by atoms with Crippen LogP contribution in [-0.2, 0) is 4.74 Å². The third-order valence-electron chi connectivity index (χ3n) is 2.64. The maximum Gasteiger partial charge on any atom is 0.127 e. The molecule has 0 fully saturated rings. The minimum absolute atomic E-state index is 0.702. The lowest BCUT2D eigenvalue weighted by atomic mass is 10.1. The van der Waals surface area contributed by atoms with Gasteiger partial charge in [0.25, 0.3) is 0 Å². The summed E-state index contributed by atoms with van der Waals surface area (Å²) in [6.45, 7) is 4.25. The average Bonchev–Trinajstić information content (AvgIpc) is 2.39. The monoisotopic (exact) mass is 230 g/mol. The highest BCUT2D eigenvalue weighted by atomic mass is 16.5. The van der Waals surface area contributed by atoms with Crippen LogP contribution in [0.4, 0.5) is 0 Å². The molecule has 0 bridgehead atoms. The fourth-order valence-corrected chi connectivity index (χ4v) is 1.81. The Morgan fingerprint density at radius 3 is 2.65 bits per heavy atom. The topological polar surface area (TPSA) is 18.5 Å². The van der Waals surface area contributed by atoms with Crippen molar-refractivity contribution in [3.63, 3.8) is 0 Å². The molecule has 0 aliphatic carbocycles. The van der Waals surface area contributed by atoms with Gasteiger partial charge in [-0.05, 0) is 18.4 Å². The van der Waals surface area contributed by atoms with Crippen molar-refractivity contribution in [3.8, 4) is 5.75 Å². The van der Waals surface area contributed by atoms with Gasteiger partial charge in [0.1, 0.15) is 5.75 Å². The summed E-state index contributed by atoms with van der Waals surface area (Å²) in [5.41, 5.74) is 0. The van der Waals surface area contributed by atoms with Crippen molar-refractivity contribution >= 4 is 10.8 Å². The van der Waals surface area contributed by atoms with Crippen LogP contribution < -0.4 is 4.74 Å². The zero-order valence-electron chi connectivity index (χ0n) is 10.2. The van der Waals surface area contributed by atoms with E-state index in [0.29, 0.717) is 6.61 Å². The lowest BCUT2D eigenvalue weighted by Gasteiger charge is -2.09. The molecule has 0 aliphatic heterocycles. The van der Waals surface area contributed by atoms with Gasteiger partial charge >= 0.3 is 0 Å². The number of hydrogen-bond acceptors (Lipinski definition) is 2. The molecule has 0 atom stereocenters. The van der Waals surface area contributed by atoms with Crippen LogP contribution in [-0.4, -0.2) is 19.8 Å². The highest BCUT2D eigenvalue weighted by molar-refractivity contribution is 5.88. The molecule has 2 nitrogen and oxygen atoms in total. The standard InChI is InChI=1S/C15H18O2/c1-2-16-11-6-12-17-15-10-5-8-13-7-3-4-9-14(13)15/h3-5,7-10H,2,6,11-12H2,1H3. The zero-order chi connectivity index (χ0) is 11.9. The molecule has 0 heterocycles. The molecule has 2 heteroatoms. The van der Waals surface area contributed by atoms with E-state index in [1.807, 2.05) is 31.2 Å². The van der Waals surface area contributed by atoms with Gasteiger partial charge in [0.2, 0.25) is 0 Å². The third-order valence-corrected chi connectivity index (χ3v) is 2.64. The van der Waals surface area contributed by atoms with E-state index in [4.69, 9.17) is 9.47 Å². The first-order chi connectivity index (χ1) is 8.42. The fourth-order valence-electron chi connectivity index (χ4n) is 1.81. The summed E-state index contributed by atoms with van der Waals surface area (Å²) in [5, 5.41) is 2.39. The molecule has 0 aliphatic rings. The molecule has 0 radical (unpaired) electrons. The van der Waals surface area contributed by atoms with Gasteiger partial charge in [-0.2, -0.15) is 0 Å². The van der Waals surface area contributed by atoms with Gasteiger partial charge < -0.3 is 9.47 Å². The largest absolute Gasteiger partial charge is 0.493 e. The Kier molecular flexibility index (Phi) is 4.39. The Balaban J connectivity index is 1.98. The molecular formula is C15H18O2. The highest BCUT2D eigenvalue weighted by Gasteiger charge is 2.00. The summed E-state index contributed by atoms with van der Waals surface area (Å²) in [6, 6.07) is 14.4. The minimum atomic E-state index is 0.702. The number of fused-ring (bicyclic) bond motifs is 1. The molecule has 17 heavy (non-hydrogen) atoms. The summed E-state index contributed by atoms with van der Waals surface area (Å²) in [4.78, 5) is 0. The summed E-state index contributed by atoms with van der Waals surface area (Å²) in [6.07, 6.45) is 0.928. The SMILES string of the molecule is CCOCCCOc1cccc2ccccc12. The Hall–Kier alpha value is -1.54. The van der Waals surface area contributed by atoms with Gasteiger partial charge in [-0.25, -0.2) is 0 Å². The van der Waals surface area contributed by atoms with E-state index in [0.717, 1.165) is 25.4 Å². The quantitative estimate of drug-likeness (QED) is 0.705. The number of hydrogen-bond donors (Lipinski definition) is 0. The molecule has 0 aromatic heterocycles. The van der Waals surface area contributed by atoms with E-state index in [2.05, 4.69) is 18.2 Å². The molecule has 90 valence electrons. The Morgan fingerprint density at radius 2 is 1.76 bits per heavy atom. The minimum Gasteiger partial charge on any atom is -0.493 e. The van der Waals surface area contributed by atoms with Gasteiger partial charge in [0.15, 0.2) is 0 Å². The maximum absolute atomic E-state index is 5.79. The van der Waals surface area contributed by atoms with Crippen LogP contribution in [0.2, 0.25) is 0 Å². The highest BCUT2D eigenvalue weighted by Crippen LogP contribution is 2.25. The van der Waals surface area contributed by atoms with Crippen molar-refractivity contribution in [2.75, 3.05) is 19.8 Å². The van der Waals surface area contributed by atoms with Gasteiger partial charge in [-0.15, -0.1) is 0 Å². The molecule has 0 N–H and O–H groups in total. The van der Waals surface area contributed by atoms with Crippen LogP contribution >= 0.6 is 0 Å². The summed E-state index contributed by atoms with van der Waals surface area (Å²) < 4.78 is 11.1. The number of rotatable bonds is 6. The molecular weight excluding hydrogens is 212 g/mol. The fraction of sp³-hybridized carbons (Fsp3) is 0.333. The Labute approximate surface area is 102 Å². The van der Waals surface area contributed by atoms with Crippen LogP contribution in [0, 0.1) is 0 Å². The Morgan fingerprint density at radius 1 is 0.941 bits per heavy atom. The smallest absolute Gasteiger partial charge is 0.127 e. The first-order valence-corrected chi connectivity index (χ1v) is 6.10. The predicted octanol–water partition coefficient (Wildman–Crippen LogP) is 3.65. The summed E-state index contributed by atoms with van der Waals surface area (Å²) in [7, 11) is 0. The van der Waals surface area contributed by atoms with E-state index in [9.17, 15) is 0 Å². The maximum atomic E-state index is 5.79. The molecule has 2 aromatic carbocycles. The van der Waals surface area contributed by atoms with Gasteiger partial charge in [-0.1, -0.05) is 36.4 Å². The molecule has 0 unspecified atom stereocenters. The van der Waals surface area contributed by atoms with Crippen molar-refractivity contribution < 1.29 is 9.47 Å². The normalized spacial score (nSPS) is 10.6. The van der Waals surface area contributed by atoms with E-state index in [1.54, 1.807) is 0 Å². The molecule has 2 aromatic rings. The molecule has 0 saturated heterocycles. The lowest BCUT2D eigenvalue weighted by molar-refractivity contribution is 0.131.